The van der Waals surface area contributed by atoms with Crippen LogP contribution < -0.4 is 0 Å². The maximum Gasteiger partial charge on any atom is 0.416 e. The number of nitriles is 1. The molecule has 0 heterocycles. The minimum atomic E-state index is -4.59. The molecule has 0 bridgehead atoms. The molecule has 0 fully saturated rings. The molecule has 0 aliphatic heterocycles. The van der Waals surface area contributed by atoms with Gasteiger partial charge in [0.05, 0.1) is 17.6 Å². The molecule has 1 rings (SSSR count). The van der Waals surface area contributed by atoms with Gasteiger partial charge in [-0.15, -0.1) is 11.6 Å². The second-order valence-electron chi connectivity index (χ2n) is 3.07. The van der Waals surface area contributed by atoms with Crippen molar-refractivity contribution in [3.05, 3.63) is 35.1 Å². The Morgan fingerprint density at radius 2 is 2.00 bits per heavy atom. The minimum absolute atomic E-state index is 0.120. The van der Waals surface area contributed by atoms with Crippen LogP contribution >= 0.6 is 11.6 Å². The zero-order chi connectivity index (χ0) is 12.3. The van der Waals surface area contributed by atoms with E-state index < -0.39 is 23.5 Å². The van der Waals surface area contributed by atoms with Gasteiger partial charge in [0, 0.05) is 11.4 Å². The molecule has 1 nitrogen and oxygen atoms in total. The third kappa shape index (κ3) is 2.64. The molecule has 0 spiro atoms. The average molecular weight is 252 g/mol. The molecule has 0 radical (unpaired) electrons. The first kappa shape index (κ1) is 12.8. The summed E-state index contributed by atoms with van der Waals surface area (Å²) in [5.74, 6) is -2.18. The lowest BCUT2D eigenvalue weighted by Gasteiger charge is -2.10. The van der Waals surface area contributed by atoms with E-state index in [4.69, 9.17) is 16.9 Å². The van der Waals surface area contributed by atoms with E-state index in [0.29, 0.717) is 6.07 Å². The van der Waals surface area contributed by atoms with E-state index in [2.05, 4.69) is 0 Å². The van der Waals surface area contributed by atoms with Crippen molar-refractivity contribution in [3.63, 3.8) is 0 Å². The molecular formula is C10H6ClF4N. The summed E-state index contributed by atoms with van der Waals surface area (Å²) in [6.07, 6.45) is -4.59. The molecule has 0 N–H and O–H groups in total. The smallest absolute Gasteiger partial charge is 0.207 e. The molecule has 1 unspecified atom stereocenters. The zero-order valence-corrected chi connectivity index (χ0v) is 8.61. The van der Waals surface area contributed by atoms with Gasteiger partial charge in [-0.2, -0.15) is 18.4 Å². The summed E-state index contributed by atoms with van der Waals surface area (Å²) < 4.78 is 49.9. The molecule has 16 heavy (non-hydrogen) atoms. The Bertz CT molecular complexity index is 422. The summed E-state index contributed by atoms with van der Waals surface area (Å²) in [6, 6.07) is 3.75. The van der Waals surface area contributed by atoms with Crippen LogP contribution in [-0.2, 0) is 6.18 Å². The fourth-order valence-electron chi connectivity index (χ4n) is 1.17. The number of benzene rings is 1. The summed E-state index contributed by atoms with van der Waals surface area (Å²) in [5, 5.41) is 8.61. The van der Waals surface area contributed by atoms with E-state index >= 15 is 0 Å². The first-order valence-corrected chi connectivity index (χ1v) is 4.75. The largest absolute Gasteiger partial charge is 0.416 e. The molecule has 1 aromatic carbocycles. The van der Waals surface area contributed by atoms with E-state index in [1.54, 1.807) is 6.07 Å². The van der Waals surface area contributed by atoms with Crippen LogP contribution in [0.5, 0.6) is 0 Å². The Hall–Kier alpha value is -1.28. The molecule has 0 amide bonds. The fraction of sp³-hybridized carbons (Fsp3) is 0.300. The molecule has 6 heteroatoms. The van der Waals surface area contributed by atoms with E-state index in [-0.39, 0.29) is 11.4 Å². The quantitative estimate of drug-likeness (QED) is 0.581. The summed E-state index contributed by atoms with van der Waals surface area (Å²) in [4.78, 5) is 0. The van der Waals surface area contributed by atoms with Crippen molar-refractivity contribution < 1.29 is 17.6 Å². The second kappa shape index (κ2) is 4.71. The van der Waals surface area contributed by atoms with Gasteiger partial charge in [-0.05, 0) is 12.1 Å². The van der Waals surface area contributed by atoms with Crippen LogP contribution in [-0.4, -0.2) is 5.88 Å². The Balaban J connectivity index is 3.15. The molecule has 1 atom stereocenters. The highest BCUT2D eigenvalue weighted by atomic mass is 35.5. The van der Waals surface area contributed by atoms with Crippen molar-refractivity contribution in [2.24, 2.45) is 0 Å². The Morgan fingerprint density at radius 3 is 2.38 bits per heavy atom. The maximum atomic E-state index is 13.3. The van der Waals surface area contributed by atoms with Crippen LogP contribution in [0.4, 0.5) is 17.6 Å². The number of hydrogen-bond donors (Lipinski definition) is 0. The van der Waals surface area contributed by atoms with Gasteiger partial charge in [-0.1, -0.05) is 6.07 Å². The highest BCUT2D eigenvalue weighted by Crippen LogP contribution is 2.31. The van der Waals surface area contributed by atoms with E-state index in [1.165, 1.54) is 0 Å². The SMILES string of the molecule is N#CC(CCl)c1ccc(C(F)(F)F)cc1F. The molecule has 0 aliphatic carbocycles. The topological polar surface area (TPSA) is 23.8 Å². The fourth-order valence-corrected chi connectivity index (χ4v) is 1.41. The highest BCUT2D eigenvalue weighted by molar-refractivity contribution is 6.18. The summed E-state index contributed by atoms with van der Waals surface area (Å²) in [6.45, 7) is 0. The van der Waals surface area contributed by atoms with Gasteiger partial charge in [0.15, 0.2) is 0 Å². The normalized spacial score (nSPS) is 13.2. The predicted molar refractivity (Wildman–Crippen MR) is 50.5 cm³/mol. The van der Waals surface area contributed by atoms with Crippen molar-refractivity contribution in [2.75, 3.05) is 5.88 Å². The predicted octanol–water partition coefficient (Wildman–Crippen LogP) is 3.69. The molecule has 86 valence electrons. The average Bonchev–Trinajstić information content (AvgIpc) is 2.20. The second-order valence-corrected chi connectivity index (χ2v) is 3.38. The van der Waals surface area contributed by atoms with Crippen molar-refractivity contribution in [3.8, 4) is 6.07 Å². The van der Waals surface area contributed by atoms with Gasteiger partial charge in [-0.25, -0.2) is 4.39 Å². The van der Waals surface area contributed by atoms with Crippen molar-refractivity contribution in [1.29, 1.82) is 5.26 Å². The van der Waals surface area contributed by atoms with E-state index in [1.807, 2.05) is 0 Å². The van der Waals surface area contributed by atoms with Gasteiger partial charge in [0.2, 0.25) is 0 Å². The lowest BCUT2D eigenvalue weighted by Crippen LogP contribution is -2.08. The van der Waals surface area contributed by atoms with Crippen LogP contribution in [0.2, 0.25) is 0 Å². The molecule has 1 aromatic rings. The van der Waals surface area contributed by atoms with Gasteiger partial charge in [0.25, 0.3) is 0 Å². The maximum absolute atomic E-state index is 13.3. The van der Waals surface area contributed by atoms with E-state index in [0.717, 1.165) is 12.1 Å². The van der Waals surface area contributed by atoms with Gasteiger partial charge in [-0.3, -0.25) is 0 Å². The minimum Gasteiger partial charge on any atom is -0.207 e. The zero-order valence-electron chi connectivity index (χ0n) is 7.85. The van der Waals surface area contributed by atoms with Crippen molar-refractivity contribution in [2.45, 2.75) is 12.1 Å². The molecule has 0 saturated carbocycles. The molecular weight excluding hydrogens is 246 g/mol. The van der Waals surface area contributed by atoms with Crippen LogP contribution in [0.15, 0.2) is 18.2 Å². The Kier molecular flexibility index (Phi) is 3.76. The van der Waals surface area contributed by atoms with Crippen LogP contribution in [0.25, 0.3) is 0 Å². The number of alkyl halides is 4. The monoisotopic (exact) mass is 251 g/mol. The molecule has 0 aliphatic rings. The first-order valence-electron chi connectivity index (χ1n) is 4.22. The first-order chi connectivity index (χ1) is 7.40. The number of rotatable bonds is 2. The molecule has 0 aromatic heterocycles. The highest BCUT2D eigenvalue weighted by Gasteiger charge is 2.31. The lowest BCUT2D eigenvalue weighted by molar-refractivity contribution is -0.137. The van der Waals surface area contributed by atoms with Gasteiger partial charge in [0.1, 0.15) is 5.82 Å². The van der Waals surface area contributed by atoms with E-state index in [9.17, 15) is 17.6 Å². The summed E-state index contributed by atoms with van der Waals surface area (Å²) in [7, 11) is 0. The summed E-state index contributed by atoms with van der Waals surface area (Å²) in [5.41, 5.74) is -1.20. The van der Waals surface area contributed by atoms with Crippen LogP contribution in [0.3, 0.4) is 0 Å². The van der Waals surface area contributed by atoms with Gasteiger partial charge < -0.3 is 0 Å². The number of nitrogens with zero attached hydrogens (tertiary/aromatic N) is 1. The lowest BCUT2D eigenvalue weighted by atomic mass is 10.00. The third-order valence-corrected chi connectivity index (χ3v) is 2.32. The van der Waals surface area contributed by atoms with Crippen molar-refractivity contribution in [1.82, 2.24) is 0 Å². The Labute approximate surface area is 94.2 Å². The van der Waals surface area contributed by atoms with Crippen molar-refractivity contribution >= 4 is 11.6 Å². The van der Waals surface area contributed by atoms with Gasteiger partial charge >= 0.3 is 6.18 Å². The third-order valence-electron chi connectivity index (χ3n) is 2.01. The molecule has 0 saturated heterocycles. The Morgan fingerprint density at radius 1 is 1.38 bits per heavy atom. The van der Waals surface area contributed by atoms with Crippen LogP contribution in [0, 0.1) is 17.1 Å². The number of hydrogen-bond acceptors (Lipinski definition) is 1. The summed E-state index contributed by atoms with van der Waals surface area (Å²) >= 11 is 5.39. The number of halogens is 5. The van der Waals surface area contributed by atoms with Crippen LogP contribution in [0.1, 0.15) is 17.0 Å². The standard InChI is InChI=1S/C10H6ClF4N/c11-4-6(5-16)8-2-1-7(3-9(8)12)10(13,14)15/h1-3,6H,4H2.